The van der Waals surface area contributed by atoms with Crippen LogP contribution in [0.2, 0.25) is 0 Å². The first-order valence-electron chi connectivity index (χ1n) is 7.33. The SMILES string of the molecule is COC(=O)c1ccc(CCNC(=O)CNCC2CC2)cc1. The number of carbonyl (C=O) groups excluding carboxylic acids is 2. The number of ether oxygens (including phenoxy) is 1. The van der Waals surface area contributed by atoms with Crippen molar-refractivity contribution in [1.29, 1.82) is 0 Å². The maximum atomic E-state index is 11.6. The molecule has 5 nitrogen and oxygen atoms in total. The van der Waals surface area contributed by atoms with Crippen molar-refractivity contribution in [3.05, 3.63) is 35.4 Å². The van der Waals surface area contributed by atoms with Gasteiger partial charge in [0.1, 0.15) is 0 Å². The lowest BCUT2D eigenvalue weighted by Gasteiger charge is -2.07. The molecule has 1 saturated carbocycles. The first-order valence-corrected chi connectivity index (χ1v) is 7.33. The molecule has 0 spiro atoms. The number of hydrogen-bond donors (Lipinski definition) is 2. The van der Waals surface area contributed by atoms with E-state index in [0.29, 0.717) is 18.7 Å². The van der Waals surface area contributed by atoms with Gasteiger partial charge in [-0.1, -0.05) is 12.1 Å². The van der Waals surface area contributed by atoms with Crippen LogP contribution in [0, 0.1) is 5.92 Å². The third kappa shape index (κ3) is 5.55. The zero-order valence-electron chi connectivity index (χ0n) is 12.4. The molecule has 0 atom stereocenters. The first kappa shape index (κ1) is 15.5. The quantitative estimate of drug-likeness (QED) is 0.704. The van der Waals surface area contributed by atoms with Gasteiger partial charge in [0.2, 0.25) is 5.91 Å². The van der Waals surface area contributed by atoms with Crippen LogP contribution in [-0.4, -0.2) is 38.6 Å². The zero-order valence-corrected chi connectivity index (χ0v) is 12.4. The van der Waals surface area contributed by atoms with Gasteiger partial charge in [0.25, 0.3) is 0 Å². The van der Waals surface area contributed by atoms with Gasteiger partial charge >= 0.3 is 5.97 Å². The van der Waals surface area contributed by atoms with Crippen molar-refractivity contribution in [2.24, 2.45) is 5.92 Å². The molecule has 21 heavy (non-hydrogen) atoms. The van der Waals surface area contributed by atoms with E-state index in [4.69, 9.17) is 0 Å². The van der Waals surface area contributed by atoms with Crippen LogP contribution >= 0.6 is 0 Å². The molecule has 1 fully saturated rings. The van der Waals surface area contributed by atoms with Crippen LogP contribution in [-0.2, 0) is 16.0 Å². The minimum atomic E-state index is -0.336. The number of nitrogens with one attached hydrogen (secondary N) is 2. The Morgan fingerprint density at radius 3 is 2.57 bits per heavy atom. The monoisotopic (exact) mass is 290 g/mol. The van der Waals surface area contributed by atoms with E-state index < -0.39 is 0 Å². The van der Waals surface area contributed by atoms with Crippen LogP contribution in [0.15, 0.2) is 24.3 Å². The number of rotatable bonds is 8. The number of methoxy groups -OCH3 is 1. The van der Waals surface area contributed by atoms with Crippen LogP contribution in [0.4, 0.5) is 0 Å². The van der Waals surface area contributed by atoms with Crippen molar-refractivity contribution in [3.63, 3.8) is 0 Å². The summed E-state index contributed by atoms with van der Waals surface area (Å²) in [6.45, 7) is 1.93. The fourth-order valence-electron chi connectivity index (χ4n) is 2.05. The normalized spacial score (nSPS) is 13.8. The molecule has 1 aliphatic rings. The molecule has 0 aromatic heterocycles. The van der Waals surface area contributed by atoms with Gasteiger partial charge in [-0.25, -0.2) is 4.79 Å². The third-order valence-corrected chi connectivity index (χ3v) is 3.53. The van der Waals surface area contributed by atoms with E-state index in [1.54, 1.807) is 12.1 Å². The Labute approximate surface area is 125 Å². The summed E-state index contributed by atoms with van der Waals surface area (Å²) >= 11 is 0. The maximum absolute atomic E-state index is 11.6. The summed E-state index contributed by atoms with van der Waals surface area (Å²) in [4.78, 5) is 22.9. The fraction of sp³-hybridized carbons (Fsp3) is 0.500. The van der Waals surface area contributed by atoms with Gasteiger partial charge in [-0.3, -0.25) is 4.79 Å². The minimum absolute atomic E-state index is 0.0295. The second-order valence-electron chi connectivity index (χ2n) is 5.36. The average molecular weight is 290 g/mol. The minimum Gasteiger partial charge on any atom is -0.465 e. The number of amides is 1. The molecule has 0 aliphatic heterocycles. The topological polar surface area (TPSA) is 67.4 Å². The van der Waals surface area contributed by atoms with Crippen molar-refractivity contribution in [1.82, 2.24) is 10.6 Å². The zero-order chi connectivity index (χ0) is 15.1. The van der Waals surface area contributed by atoms with Crippen LogP contribution in [0.25, 0.3) is 0 Å². The van der Waals surface area contributed by atoms with E-state index in [1.165, 1.54) is 20.0 Å². The molecule has 0 unspecified atom stereocenters. The summed E-state index contributed by atoms with van der Waals surface area (Å²) in [5, 5.41) is 6.04. The molecular weight excluding hydrogens is 268 g/mol. The lowest BCUT2D eigenvalue weighted by atomic mass is 10.1. The van der Waals surface area contributed by atoms with Gasteiger partial charge in [-0.2, -0.15) is 0 Å². The Kier molecular flexibility index (Phi) is 5.75. The molecule has 114 valence electrons. The number of esters is 1. The second kappa shape index (κ2) is 7.78. The van der Waals surface area contributed by atoms with E-state index in [0.717, 1.165) is 24.4 Å². The maximum Gasteiger partial charge on any atom is 0.337 e. The largest absolute Gasteiger partial charge is 0.465 e. The molecule has 0 heterocycles. The molecular formula is C16H22N2O3. The molecule has 5 heteroatoms. The number of benzene rings is 1. The van der Waals surface area contributed by atoms with Gasteiger partial charge in [-0.15, -0.1) is 0 Å². The molecule has 2 rings (SSSR count). The van der Waals surface area contributed by atoms with Gasteiger partial charge in [-0.05, 0) is 49.4 Å². The summed E-state index contributed by atoms with van der Waals surface area (Å²) in [5.41, 5.74) is 1.61. The third-order valence-electron chi connectivity index (χ3n) is 3.53. The summed E-state index contributed by atoms with van der Waals surface area (Å²) in [6.07, 6.45) is 3.32. The smallest absolute Gasteiger partial charge is 0.337 e. The lowest BCUT2D eigenvalue weighted by molar-refractivity contribution is -0.120. The summed E-state index contributed by atoms with van der Waals surface area (Å²) in [5.74, 6) is 0.476. The molecule has 1 aromatic rings. The molecule has 1 aliphatic carbocycles. The highest BCUT2D eigenvalue weighted by molar-refractivity contribution is 5.89. The van der Waals surface area contributed by atoms with E-state index in [1.807, 2.05) is 12.1 Å². The summed E-state index contributed by atoms with van der Waals surface area (Å²) in [7, 11) is 1.36. The predicted octanol–water partition coefficient (Wildman–Crippen LogP) is 1.13. The van der Waals surface area contributed by atoms with Crippen LogP contribution in [0.3, 0.4) is 0 Å². The summed E-state index contributed by atoms with van der Waals surface area (Å²) in [6, 6.07) is 7.23. The summed E-state index contributed by atoms with van der Waals surface area (Å²) < 4.78 is 4.64. The van der Waals surface area contributed by atoms with Crippen LogP contribution in [0.1, 0.15) is 28.8 Å². The second-order valence-corrected chi connectivity index (χ2v) is 5.36. The molecule has 2 N–H and O–H groups in total. The van der Waals surface area contributed by atoms with Crippen molar-refractivity contribution < 1.29 is 14.3 Å². The number of carbonyl (C=O) groups is 2. The van der Waals surface area contributed by atoms with Crippen molar-refractivity contribution >= 4 is 11.9 Å². The Morgan fingerprint density at radius 2 is 1.95 bits per heavy atom. The van der Waals surface area contributed by atoms with Gasteiger partial charge in [0, 0.05) is 6.54 Å². The van der Waals surface area contributed by atoms with Crippen LogP contribution < -0.4 is 10.6 Å². The Morgan fingerprint density at radius 1 is 1.24 bits per heavy atom. The number of hydrogen-bond acceptors (Lipinski definition) is 4. The first-order chi connectivity index (χ1) is 10.2. The van der Waals surface area contributed by atoms with Crippen molar-refractivity contribution in [2.45, 2.75) is 19.3 Å². The average Bonchev–Trinajstić information content (AvgIpc) is 3.31. The van der Waals surface area contributed by atoms with E-state index in [2.05, 4.69) is 15.4 Å². The molecule has 1 aromatic carbocycles. The van der Waals surface area contributed by atoms with E-state index in [9.17, 15) is 9.59 Å². The lowest BCUT2D eigenvalue weighted by Crippen LogP contribution is -2.35. The van der Waals surface area contributed by atoms with E-state index in [-0.39, 0.29) is 11.9 Å². The highest BCUT2D eigenvalue weighted by atomic mass is 16.5. The molecule has 0 bridgehead atoms. The van der Waals surface area contributed by atoms with Crippen molar-refractivity contribution in [2.75, 3.05) is 26.7 Å². The fourth-order valence-corrected chi connectivity index (χ4v) is 2.05. The van der Waals surface area contributed by atoms with Crippen LogP contribution in [0.5, 0.6) is 0 Å². The Hall–Kier alpha value is -1.88. The highest BCUT2D eigenvalue weighted by Gasteiger charge is 2.20. The van der Waals surface area contributed by atoms with Crippen molar-refractivity contribution in [3.8, 4) is 0 Å². The molecule has 1 amide bonds. The van der Waals surface area contributed by atoms with E-state index >= 15 is 0 Å². The highest BCUT2D eigenvalue weighted by Crippen LogP contribution is 2.27. The Bertz CT molecular complexity index is 481. The van der Waals surface area contributed by atoms with Gasteiger partial charge in [0.15, 0.2) is 0 Å². The standard InChI is InChI=1S/C16H22N2O3/c1-21-16(20)14-6-4-12(5-7-14)8-9-18-15(19)11-17-10-13-2-3-13/h4-7,13,17H,2-3,8-11H2,1H3,(H,18,19). The van der Waals surface area contributed by atoms with Gasteiger partial charge in [0.05, 0.1) is 19.2 Å². The molecule has 0 saturated heterocycles. The molecule has 0 radical (unpaired) electrons. The predicted molar refractivity (Wildman–Crippen MR) is 80.1 cm³/mol. The Balaban J connectivity index is 1.63. The van der Waals surface area contributed by atoms with Gasteiger partial charge < -0.3 is 15.4 Å².